The highest BCUT2D eigenvalue weighted by Crippen LogP contribution is 2.08. The fourth-order valence-electron chi connectivity index (χ4n) is 1.76. The van der Waals surface area contributed by atoms with Gasteiger partial charge < -0.3 is 4.90 Å². The minimum Gasteiger partial charge on any atom is -0.306 e. The first-order valence-electron chi connectivity index (χ1n) is 7.05. The highest BCUT2D eigenvalue weighted by molar-refractivity contribution is 7.85. The fraction of sp³-hybridized carbons (Fsp3) is 0.571. The van der Waals surface area contributed by atoms with E-state index in [9.17, 15) is 16.8 Å². The number of piperidine rings is 1. The van der Waals surface area contributed by atoms with E-state index in [0.29, 0.717) is 6.26 Å². The predicted octanol–water partition coefficient (Wildman–Crippen LogP) is 1.85. The van der Waals surface area contributed by atoms with Crippen molar-refractivity contribution in [3.05, 3.63) is 29.8 Å². The Kier molecular flexibility index (Phi) is 9.55. The first-order valence-corrected chi connectivity index (χ1v) is 10.3. The molecule has 0 saturated carbocycles. The first-order chi connectivity index (χ1) is 10.4. The lowest BCUT2D eigenvalue weighted by atomic mass is 10.1. The molecule has 0 atom stereocenters. The maximum Gasteiger partial charge on any atom is 0.294 e. The summed E-state index contributed by atoms with van der Waals surface area (Å²) in [6.07, 6.45) is 4.99. The molecule has 0 spiro atoms. The second-order valence-corrected chi connectivity index (χ2v) is 8.27. The van der Waals surface area contributed by atoms with Gasteiger partial charge in [-0.15, -0.1) is 0 Å². The topological polar surface area (TPSA) is 112 Å². The Morgan fingerprint density at radius 3 is 1.57 bits per heavy atom. The zero-order valence-corrected chi connectivity index (χ0v) is 15.3. The zero-order valence-electron chi connectivity index (χ0n) is 13.6. The summed E-state index contributed by atoms with van der Waals surface area (Å²) < 4.78 is 55.4. The minimum atomic E-state index is -4.02. The largest absolute Gasteiger partial charge is 0.306 e. The number of nitrogens with zero attached hydrogens (tertiary/aromatic N) is 1. The van der Waals surface area contributed by atoms with Gasteiger partial charge in [-0.1, -0.05) is 24.1 Å². The van der Waals surface area contributed by atoms with Crippen molar-refractivity contribution in [2.45, 2.75) is 31.1 Å². The van der Waals surface area contributed by atoms with Crippen LogP contribution in [0.1, 0.15) is 24.8 Å². The van der Waals surface area contributed by atoms with Crippen molar-refractivity contribution in [2.75, 3.05) is 26.4 Å². The lowest BCUT2D eigenvalue weighted by Crippen LogP contribution is -2.24. The van der Waals surface area contributed by atoms with E-state index >= 15 is 0 Å². The van der Waals surface area contributed by atoms with Crippen LogP contribution in [-0.4, -0.2) is 57.2 Å². The average Bonchev–Trinajstić information content (AvgIpc) is 2.38. The van der Waals surface area contributed by atoms with Gasteiger partial charge in [0, 0.05) is 0 Å². The summed E-state index contributed by atoms with van der Waals surface area (Å²) in [5, 5.41) is 0. The summed E-state index contributed by atoms with van der Waals surface area (Å²) in [7, 11) is -5.49. The number of likely N-dealkylation sites (tertiary alicyclic amines) is 1. The molecule has 7 nitrogen and oxygen atoms in total. The van der Waals surface area contributed by atoms with Crippen LogP contribution in [0.5, 0.6) is 0 Å². The van der Waals surface area contributed by atoms with Gasteiger partial charge in [-0.2, -0.15) is 16.8 Å². The molecule has 1 saturated heterocycles. The van der Waals surface area contributed by atoms with E-state index in [1.807, 2.05) is 6.92 Å². The summed E-state index contributed by atoms with van der Waals surface area (Å²) in [4.78, 5) is 2.33. The lowest BCUT2D eigenvalue weighted by molar-refractivity contribution is 0.277. The molecule has 0 aliphatic carbocycles. The van der Waals surface area contributed by atoms with E-state index < -0.39 is 20.2 Å². The first kappa shape index (κ1) is 22.0. The van der Waals surface area contributed by atoms with Crippen molar-refractivity contribution in [1.29, 1.82) is 0 Å². The molecule has 0 bridgehead atoms. The monoisotopic (exact) mass is 367 g/mol. The number of aryl methyl sites for hydroxylation is 1. The molecule has 0 unspecified atom stereocenters. The molecular formula is C14H25NO6S2. The van der Waals surface area contributed by atoms with Crippen molar-refractivity contribution >= 4 is 20.2 Å². The van der Waals surface area contributed by atoms with Gasteiger partial charge in [-0.25, -0.2) is 0 Å². The fourth-order valence-corrected chi connectivity index (χ4v) is 2.24. The molecule has 0 amide bonds. The number of hydrogen-bond donors (Lipinski definition) is 2. The van der Waals surface area contributed by atoms with Crippen LogP contribution >= 0.6 is 0 Å². The van der Waals surface area contributed by atoms with E-state index in [2.05, 4.69) is 11.9 Å². The van der Waals surface area contributed by atoms with Crippen LogP contribution in [0.4, 0.5) is 0 Å². The highest BCUT2D eigenvalue weighted by atomic mass is 32.2. The standard InChI is InChI=1S/C7H8O3S.C6H13N.CH4O3S/c1-6-2-4-7(5-3-6)11(8,9)10;1-7-5-3-2-4-6-7;1-5(2,3)4/h2-5H,1H3,(H,8,9,10);2-6H2,1H3;1H3,(H,2,3,4). The quantitative estimate of drug-likeness (QED) is 0.728. The van der Waals surface area contributed by atoms with Crippen LogP contribution in [0.3, 0.4) is 0 Å². The van der Waals surface area contributed by atoms with Crippen LogP contribution in [0.2, 0.25) is 0 Å². The van der Waals surface area contributed by atoms with Crippen LogP contribution in [0.25, 0.3) is 0 Å². The third-order valence-corrected chi connectivity index (χ3v) is 3.77. The molecule has 1 aliphatic rings. The van der Waals surface area contributed by atoms with Gasteiger partial charge in [0.05, 0.1) is 11.2 Å². The summed E-state index contributed by atoms with van der Waals surface area (Å²) in [5.41, 5.74) is 0.956. The van der Waals surface area contributed by atoms with Crippen LogP contribution in [0, 0.1) is 6.92 Å². The van der Waals surface area contributed by atoms with Gasteiger partial charge >= 0.3 is 0 Å². The number of benzene rings is 1. The molecule has 1 aromatic carbocycles. The van der Waals surface area contributed by atoms with E-state index in [0.717, 1.165) is 5.56 Å². The highest BCUT2D eigenvalue weighted by Gasteiger charge is 2.06. The molecule has 134 valence electrons. The maximum absolute atomic E-state index is 10.5. The zero-order chi connectivity index (χ0) is 18.1. The Hall–Kier alpha value is -1.00. The van der Waals surface area contributed by atoms with Gasteiger partial charge in [0.15, 0.2) is 0 Å². The molecule has 1 aliphatic heterocycles. The second-order valence-electron chi connectivity index (χ2n) is 5.39. The van der Waals surface area contributed by atoms with Gasteiger partial charge in [0.1, 0.15) is 0 Å². The molecule has 2 N–H and O–H groups in total. The van der Waals surface area contributed by atoms with E-state index in [1.54, 1.807) is 12.1 Å². The Morgan fingerprint density at radius 2 is 1.30 bits per heavy atom. The molecule has 2 rings (SSSR count). The van der Waals surface area contributed by atoms with Crippen molar-refractivity contribution < 1.29 is 25.9 Å². The van der Waals surface area contributed by atoms with Crippen molar-refractivity contribution in [3.63, 3.8) is 0 Å². The maximum atomic E-state index is 10.5. The molecule has 1 heterocycles. The predicted molar refractivity (Wildman–Crippen MR) is 89.8 cm³/mol. The van der Waals surface area contributed by atoms with Crippen molar-refractivity contribution in [2.24, 2.45) is 0 Å². The summed E-state index contributed by atoms with van der Waals surface area (Å²) in [6, 6.07) is 5.99. The normalized spacial score (nSPS) is 15.7. The van der Waals surface area contributed by atoms with Gasteiger partial charge in [0.25, 0.3) is 20.2 Å². The Morgan fingerprint density at radius 1 is 0.913 bits per heavy atom. The Bertz CT molecular complexity index is 639. The third-order valence-electron chi connectivity index (χ3n) is 2.90. The lowest BCUT2D eigenvalue weighted by Gasteiger charge is -2.20. The van der Waals surface area contributed by atoms with Crippen LogP contribution in [-0.2, 0) is 20.2 Å². The summed E-state index contributed by atoms with van der Waals surface area (Å²) >= 11 is 0. The van der Waals surface area contributed by atoms with Crippen molar-refractivity contribution in [3.8, 4) is 0 Å². The van der Waals surface area contributed by atoms with Crippen LogP contribution in [0.15, 0.2) is 29.2 Å². The SMILES string of the molecule is CN1CCCCC1.CS(=O)(=O)O.Cc1ccc(S(=O)(=O)O)cc1. The second kappa shape index (κ2) is 9.99. The van der Waals surface area contributed by atoms with Gasteiger partial charge in [-0.3, -0.25) is 9.11 Å². The molecular weight excluding hydrogens is 342 g/mol. The number of rotatable bonds is 1. The third kappa shape index (κ3) is 14.3. The van der Waals surface area contributed by atoms with E-state index in [4.69, 9.17) is 9.11 Å². The minimum absolute atomic E-state index is 0.0666. The van der Waals surface area contributed by atoms with E-state index in [-0.39, 0.29) is 4.90 Å². The summed E-state index contributed by atoms with van der Waals surface area (Å²) in [6.45, 7) is 4.48. The summed E-state index contributed by atoms with van der Waals surface area (Å²) in [5.74, 6) is 0. The van der Waals surface area contributed by atoms with Gasteiger partial charge in [0.2, 0.25) is 0 Å². The Balaban J connectivity index is 0.000000347. The molecule has 0 aromatic heterocycles. The molecule has 23 heavy (non-hydrogen) atoms. The van der Waals surface area contributed by atoms with Gasteiger partial charge in [-0.05, 0) is 52.0 Å². The number of hydrogen-bond acceptors (Lipinski definition) is 5. The molecule has 0 radical (unpaired) electrons. The molecule has 9 heteroatoms. The average molecular weight is 367 g/mol. The van der Waals surface area contributed by atoms with Crippen molar-refractivity contribution in [1.82, 2.24) is 4.90 Å². The smallest absolute Gasteiger partial charge is 0.294 e. The van der Waals surface area contributed by atoms with Crippen LogP contribution < -0.4 is 0 Å². The Labute approximate surface area is 138 Å². The molecule has 1 aromatic rings. The van der Waals surface area contributed by atoms with E-state index in [1.165, 1.54) is 44.5 Å². The molecule has 1 fully saturated rings.